The largest absolute Gasteiger partial charge is 0.322 e. The molecular formula is C24H24N2O3S. The summed E-state index contributed by atoms with van der Waals surface area (Å²) in [5, 5.41) is 2.93. The van der Waals surface area contributed by atoms with Gasteiger partial charge in [-0.15, -0.1) is 0 Å². The van der Waals surface area contributed by atoms with Gasteiger partial charge in [-0.3, -0.25) is 9.10 Å². The minimum Gasteiger partial charge on any atom is -0.322 e. The number of carbonyl (C=O) groups excluding carboxylic acids is 1. The highest BCUT2D eigenvalue weighted by Gasteiger charge is 2.29. The van der Waals surface area contributed by atoms with Gasteiger partial charge in [0.2, 0.25) is 0 Å². The number of rotatable bonds is 4. The average Bonchev–Trinajstić information content (AvgIpc) is 2.76. The summed E-state index contributed by atoms with van der Waals surface area (Å²) in [7, 11) is -3.69. The van der Waals surface area contributed by atoms with Crippen LogP contribution in [0, 0.1) is 13.8 Å². The second kappa shape index (κ2) is 7.95. The normalized spacial score (nSPS) is 13.6. The zero-order valence-corrected chi connectivity index (χ0v) is 17.9. The van der Waals surface area contributed by atoms with Gasteiger partial charge < -0.3 is 5.32 Å². The molecule has 0 atom stereocenters. The molecule has 0 saturated heterocycles. The highest BCUT2D eigenvalue weighted by atomic mass is 32.2. The van der Waals surface area contributed by atoms with Crippen molar-refractivity contribution in [3.05, 3.63) is 89.0 Å². The third-order valence-electron chi connectivity index (χ3n) is 5.49. The number of para-hydroxylation sites is 2. The molecule has 0 aromatic heterocycles. The molecule has 0 radical (unpaired) electrons. The van der Waals surface area contributed by atoms with E-state index >= 15 is 0 Å². The first-order chi connectivity index (χ1) is 14.4. The zero-order chi connectivity index (χ0) is 21.3. The fraction of sp³-hybridized carbons (Fsp3) is 0.208. The van der Waals surface area contributed by atoms with Gasteiger partial charge in [-0.25, -0.2) is 8.42 Å². The number of anilines is 2. The van der Waals surface area contributed by atoms with Gasteiger partial charge >= 0.3 is 0 Å². The maximum atomic E-state index is 13.2. The minimum absolute atomic E-state index is 0.183. The Morgan fingerprint density at radius 3 is 2.27 bits per heavy atom. The summed E-state index contributed by atoms with van der Waals surface area (Å²) in [4.78, 5) is 12.9. The van der Waals surface area contributed by atoms with Crippen LogP contribution < -0.4 is 9.62 Å². The second-order valence-corrected chi connectivity index (χ2v) is 9.42. The summed E-state index contributed by atoms with van der Waals surface area (Å²) in [5.41, 5.74) is 4.93. The lowest BCUT2D eigenvalue weighted by Crippen LogP contribution is -2.35. The number of hydrogen-bond donors (Lipinski definition) is 1. The van der Waals surface area contributed by atoms with E-state index in [2.05, 4.69) is 5.32 Å². The number of nitrogens with zero attached hydrogens (tertiary/aromatic N) is 1. The molecule has 30 heavy (non-hydrogen) atoms. The van der Waals surface area contributed by atoms with Crippen LogP contribution in [-0.2, 0) is 16.4 Å². The molecule has 0 bridgehead atoms. The molecule has 154 valence electrons. The first kappa shape index (κ1) is 20.2. The molecule has 3 aromatic rings. The Labute approximate surface area is 177 Å². The molecule has 0 saturated carbocycles. The molecule has 0 spiro atoms. The molecule has 4 rings (SSSR count). The Morgan fingerprint density at radius 2 is 1.57 bits per heavy atom. The van der Waals surface area contributed by atoms with Crippen LogP contribution in [0.3, 0.4) is 0 Å². The minimum atomic E-state index is -3.69. The first-order valence-electron chi connectivity index (χ1n) is 9.96. The van der Waals surface area contributed by atoms with E-state index in [-0.39, 0.29) is 10.8 Å². The zero-order valence-electron chi connectivity index (χ0n) is 17.1. The standard InChI is InChI=1S/C24H24N2O3S/c1-17-7-5-8-18(2)23(17)25-24(27)20-12-14-21(15-13-20)30(28,29)26-16-6-10-19-9-3-4-11-22(19)26/h3-5,7-9,11-15H,6,10,16H2,1-2H3,(H,25,27). The predicted molar refractivity (Wildman–Crippen MR) is 120 cm³/mol. The van der Waals surface area contributed by atoms with Gasteiger partial charge in [-0.2, -0.15) is 0 Å². The van der Waals surface area contributed by atoms with Crippen molar-refractivity contribution in [2.24, 2.45) is 0 Å². The number of amides is 1. The molecule has 3 aromatic carbocycles. The maximum Gasteiger partial charge on any atom is 0.264 e. The van der Waals surface area contributed by atoms with Crippen molar-refractivity contribution in [1.29, 1.82) is 0 Å². The van der Waals surface area contributed by atoms with Crippen LogP contribution in [0.4, 0.5) is 11.4 Å². The number of benzene rings is 3. The van der Waals surface area contributed by atoms with Gasteiger partial charge in [-0.05, 0) is 73.7 Å². The van der Waals surface area contributed by atoms with Crippen LogP contribution >= 0.6 is 0 Å². The fourth-order valence-electron chi connectivity index (χ4n) is 3.85. The van der Waals surface area contributed by atoms with Crippen LogP contribution in [0.25, 0.3) is 0 Å². The van der Waals surface area contributed by atoms with Crippen molar-refractivity contribution in [2.75, 3.05) is 16.2 Å². The Bertz CT molecular complexity index is 1180. The fourth-order valence-corrected chi connectivity index (χ4v) is 5.39. The van der Waals surface area contributed by atoms with Crippen molar-refractivity contribution in [2.45, 2.75) is 31.6 Å². The van der Waals surface area contributed by atoms with Gasteiger partial charge in [0.05, 0.1) is 10.6 Å². The Balaban J connectivity index is 1.59. The lowest BCUT2D eigenvalue weighted by atomic mass is 10.0. The lowest BCUT2D eigenvalue weighted by Gasteiger charge is -2.30. The first-order valence-corrected chi connectivity index (χ1v) is 11.4. The van der Waals surface area contributed by atoms with E-state index < -0.39 is 10.0 Å². The third-order valence-corrected chi connectivity index (χ3v) is 7.32. The molecule has 1 aliphatic rings. The number of aryl methyl sites for hydroxylation is 3. The van der Waals surface area contributed by atoms with E-state index in [1.54, 1.807) is 12.1 Å². The van der Waals surface area contributed by atoms with Gasteiger partial charge in [0, 0.05) is 17.8 Å². The Kier molecular flexibility index (Phi) is 5.35. The number of hydrogen-bond acceptors (Lipinski definition) is 3. The van der Waals surface area contributed by atoms with Crippen LogP contribution in [0.1, 0.15) is 33.5 Å². The van der Waals surface area contributed by atoms with E-state index in [9.17, 15) is 13.2 Å². The number of nitrogens with one attached hydrogen (secondary N) is 1. The second-order valence-electron chi connectivity index (χ2n) is 7.55. The average molecular weight is 421 g/mol. The molecule has 0 fully saturated rings. The molecule has 1 amide bonds. The highest BCUT2D eigenvalue weighted by molar-refractivity contribution is 7.92. The Morgan fingerprint density at radius 1 is 0.900 bits per heavy atom. The lowest BCUT2D eigenvalue weighted by molar-refractivity contribution is 0.102. The molecular weight excluding hydrogens is 396 g/mol. The van der Waals surface area contributed by atoms with Gasteiger partial charge in [0.15, 0.2) is 0 Å². The molecule has 0 aliphatic carbocycles. The van der Waals surface area contributed by atoms with Crippen molar-refractivity contribution in [3.8, 4) is 0 Å². The summed E-state index contributed by atoms with van der Waals surface area (Å²) in [6, 6.07) is 19.6. The molecule has 5 nitrogen and oxygen atoms in total. The monoisotopic (exact) mass is 420 g/mol. The van der Waals surface area contributed by atoms with Crippen molar-refractivity contribution < 1.29 is 13.2 Å². The Hall–Kier alpha value is -3.12. The van der Waals surface area contributed by atoms with E-state index in [0.717, 1.165) is 40.9 Å². The van der Waals surface area contributed by atoms with Gasteiger partial charge in [-0.1, -0.05) is 36.4 Å². The third kappa shape index (κ3) is 3.71. The van der Waals surface area contributed by atoms with Crippen LogP contribution in [0.15, 0.2) is 71.6 Å². The van der Waals surface area contributed by atoms with Crippen LogP contribution in [-0.4, -0.2) is 20.9 Å². The smallest absolute Gasteiger partial charge is 0.264 e. The van der Waals surface area contributed by atoms with Crippen molar-refractivity contribution in [1.82, 2.24) is 0 Å². The van der Waals surface area contributed by atoms with Crippen LogP contribution in [0.2, 0.25) is 0 Å². The SMILES string of the molecule is Cc1cccc(C)c1NC(=O)c1ccc(S(=O)(=O)N2CCCc3ccccc32)cc1. The van der Waals surface area contributed by atoms with E-state index in [4.69, 9.17) is 0 Å². The summed E-state index contributed by atoms with van der Waals surface area (Å²) in [6.45, 7) is 4.33. The number of carbonyl (C=O) groups is 1. The molecule has 1 N–H and O–H groups in total. The summed E-state index contributed by atoms with van der Waals surface area (Å²) in [6.07, 6.45) is 1.66. The topological polar surface area (TPSA) is 66.5 Å². The molecule has 1 aliphatic heterocycles. The van der Waals surface area contributed by atoms with Gasteiger partial charge in [0.25, 0.3) is 15.9 Å². The summed E-state index contributed by atoms with van der Waals surface area (Å²) < 4.78 is 27.9. The number of fused-ring (bicyclic) bond motifs is 1. The predicted octanol–water partition coefficient (Wildman–Crippen LogP) is 4.70. The summed E-state index contributed by atoms with van der Waals surface area (Å²) >= 11 is 0. The molecule has 1 heterocycles. The van der Waals surface area contributed by atoms with E-state index in [0.29, 0.717) is 12.1 Å². The highest BCUT2D eigenvalue weighted by Crippen LogP contribution is 2.32. The summed E-state index contributed by atoms with van der Waals surface area (Å²) in [5.74, 6) is -0.264. The molecule has 6 heteroatoms. The van der Waals surface area contributed by atoms with E-state index in [1.807, 2.05) is 56.3 Å². The number of sulfonamides is 1. The van der Waals surface area contributed by atoms with Crippen molar-refractivity contribution >= 4 is 27.3 Å². The van der Waals surface area contributed by atoms with Crippen LogP contribution in [0.5, 0.6) is 0 Å². The van der Waals surface area contributed by atoms with Gasteiger partial charge in [0.1, 0.15) is 0 Å². The van der Waals surface area contributed by atoms with Crippen molar-refractivity contribution in [3.63, 3.8) is 0 Å². The quantitative estimate of drug-likeness (QED) is 0.665. The molecule has 0 unspecified atom stereocenters. The van der Waals surface area contributed by atoms with E-state index in [1.165, 1.54) is 16.4 Å². The maximum absolute atomic E-state index is 13.2.